The number of ether oxygens (including phenoxy) is 3. The first-order valence-corrected chi connectivity index (χ1v) is 13.6. The molecule has 9 nitrogen and oxygen atoms in total. The number of nitrogens with one attached hydrogen (secondary N) is 1. The molecule has 0 saturated carbocycles. The summed E-state index contributed by atoms with van der Waals surface area (Å²) >= 11 is 4.87. The van der Waals surface area contributed by atoms with Crippen molar-refractivity contribution in [1.82, 2.24) is 15.2 Å². The number of thiazole rings is 1. The number of carbonyl (C=O) groups is 2. The van der Waals surface area contributed by atoms with E-state index in [0.29, 0.717) is 64.8 Å². The number of aliphatic imine (C=N–C) groups is 1. The Balaban J connectivity index is 1.69. The van der Waals surface area contributed by atoms with E-state index < -0.39 is 17.8 Å². The molecule has 0 spiro atoms. The lowest BCUT2D eigenvalue weighted by Crippen LogP contribution is -2.46. The molecule has 0 radical (unpaired) electrons. The van der Waals surface area contributed by atoms with Gasteiger partial charge in [-0.1, -0.05) is 22.0 Å². The largest absolute Gasteiger partial charge is 0.469 e. The van der Waals surface area contributed by atoms with Gasteiger partial charge in [0.1, 0.15) is 11.9 Å². The Labute approximate surface area is 226 Å². The molecule has 37 heavy (non-hydrogen) atoms. The highest BCUT2D eigenvalue weighted by Gasteiger charge is 2.35. The normalized spacial score (nSPS) is 20.3. The minimum atomic E-state index is -0.736. The number of amidine groups is 1. The maximum atomic E-state index is 13.9. The number of aromatic nitrogens is 1. The van der Waals surface area contributed by atoms with Gasteiger partial charge in [0.25, 0.3) is 0 Å². The second kappa shape index (κ2) is 12.7. The molecule has 0 aliphatic carbocycles. The number of halogens is 2. The lowest BCUT2D eigenvalue weighted by atomic mass is 9.95. The van der Waals surface area contributed by atoms with Gasteiger partial charge in [0.2, 0.25) is 0 Å². The Kier molecular flexibility index (Phi) is 9.41. The van der Waals surface area contributed by atoms with Crippen LogP contribution in [0.15, 0.2) is 50.5 Å². The number of morpholine rings is 1. The van der Waals surface area contributed by atoms with Gasteiger partial charge in [-0.05, 0) is 31.0 Å². The van der Waals surface area contributed by atoms with Gasteiger partial charge in [-0.25, -0.2) is 14.2 Å². The van der Waals surface area contributed by atoms with Crippen molar-refractivity contribution in [2.75, 3.05) is 40.0 Å². The van der Waals surface area contributed by atoms with E-state index in [2.05, 4.69) is 31.1 Å². The molecular formula is C25H28BrFN4O5S. The fourth-order valence-electron chi connectivity index (χ4n) is 4.27. The molecule has 4 rings (SSSR count). The Morgan fingerprint density at radius 1 is 1.38 bits per heavy atom. The molecule has 198 valence electrons. The van der Waals surface area contributed by atoms with Gasteiger partial charge < -0.3 is 19.5 Å². The summed E-state index contributed by atoms with van der Waals surface area (Å²) in [6.07, 6.45) is 2.35. The van der Waals surface area contributed by atoms with Crippen LogP contribution in [0, 0.1) is 5.82 Å². The summed E-state index contributed by atoms with van der Waals surface area (Å²) < 4.78 is 30.4. The fraction of sp³-hybridized carbons (Fsp3) is 0.440. The molecule has 2 aromatic rings. The van der Waals surface area contributed by atoms with Crippen LogP contribution in [0.1, 0.15) is 36.4 Å². The molecule has 2 aliphatic rings. The standard InChI is InChI=1S/C25H28BrFN4O5S/c1-3-35-25(33)21-19(14-31-9-10-36-16(13-31)5-7-20(32)34-2)29-23(24-28-8-11-37-24)30-22(21)17-6-4-15(27)12-18(17)26/h4,6,8,11-12,16,22H,3,5,7,9-10,13-14H2,1-2H3,(H,29,30). The number of hydrogen-bond donors (Lipinski definition) is 1. The minimum absolute atomic E-state index is 0.141. The fourth-order valence-corrected chi connectivity index (χ4v) is 5.43. The van der Waals surface area contributed by atoms with E-state index in [1.165, 1.54) is 30.6 Å². The second-order valence-corrected chi connectivity index (χ2v) is 10.2. The van der Waals surface area contributed by atoms with Crippen LogP contribution in [0.5, 0.6) is 0 Å². The third kappa shape index (κ3) is 6.81. The van der Waals surface area contributed by atoms with Crippen molar-refractivity contribution in [2.24, 2.45) is 4.99 Å². The molecule has 0 bridgehead atoms. The van der Waals surface area contributed by atoms with Gasteiger partial charge in [0.05, 0.1) is 32.0 Å². The molecular weight excluding hydrogens is 567 g/mol. The van der Waals surface area contributed by atoms with Crippen LogP contribution in [-0.4, -0.2) is 73.7 Å². The van der Waals surface area contributed by atoms with Gasteiger partial charge in [0, 0.05) is 47.8 Å². The zero-order valence-corrected chi connectivity index (χ0v) is 22.9. The summed E-state index contributed by atoms with van der Waals surface area (Å²) in [5.74, 6) is -0.653. The monoisotopic (exact) mass is 594 g/mol. The van der Waals surface area contributed by atoms with Gasteiger partial charge in [0.15, 0.2) is 10.8 Å². The highest BCUT2D eigenvalue weighted by molar-refractivity contribution is 9.10. The van der Waals surface area contributed by atoms with Crippen LogP contribution < -0.4 is 5.32 Å². The summed E-state index contributed by atoms with van der Waals surface area (Å²) in [6, 6.07) is 3.58. The maximum absolute atomic E-state index is 13.9. The number of methoxy groups -OCH3 is 1. The summed E-state index contributed by atoms with van der Waals surface area (Å²) in [7, 11) is 1.37. The zero-order chi connectivity index (χ0) is 26.4. The van der Waals surface area contributed by atoms with Crippen molar-refractivity contribution >= 4 is 45.0 Å². The lowest BCUT2D eigenvalue weighted by molar-refractivity contribution is -0.142. The Morgan fingerprint density at radius 2 is 2.22 bits per heavy atom. The summed E-state index contributed by atoms with van der Waals surface area (Å²) in [5, 5.41) is 5.84. The quantitative estimate of drug-likeness (QED) is 0.439. The average Bonchev–Trinajstić information content (AvgIpc) is 3.42. The first-order chi connectivity index (χ1) is 17.9. The lowest BCUT2D eigenvalue weighted by Gasteiger charge is -2.35. The van der Waals surface area contributed by atoms with Crippen molar-refractivity contribution < 1.29 is 28.2 Å². The van der Waals surface area contributed by atoms with Crippen LogP contribution in [0.2, 0.25) is 0 Å². The van der Waals surface area contributed by atoms with E-state index >= 15 is 0 Å². The summed E-state index contributed by atoms with van der Waals surface area (Å²) in [5.41, 5.74) is 1.62. The first-order valence-electron chi connectivity index (χ1n) is 11.9. The van der Waals surface area contributed by atoms with Crippen molar-refractivity contribution in [3.8, 4) is 0 Å². The number of carbonyl (C=O) groups excluding carboxylic acids is 2. The Hall–Kier alpha value is -2.67. The van der Waals surface area contributed by atoms with Gasteiger partial charge in [-0.2, -0.15) is 0 Å². The molecule has 1 fully saturated rings. The molecule has 2 atom stereocenters. The average molecular weight is 595 g/mol. The van der Waals surface area contributed by atoms with Crippen LogP contribution in [0.25, 0.3) is 0 Å². The molecule has 1 aromatic heterocycles. The van der Waals surface area contributed by atoms with E-state index in [4.69, 9.17) is 19.2 Å². The maximum Gasteiger partial charge on any atom is 0.338 e. The number of hydrogen-bond acceptors (Lipinski definition) is 10. The highest BCUT2D eigenvalue weighted by atomic mass is 79.9. The van der Waals surface area contributed by atoms with Crippen molar-refractivity contribution in [1.29, 1.82) is 0 Å². The topological polar surface area (TPSA) is 102 Å². The Morgan fingerprint density at radius 3 is 2.92 bits per heavy atom. The van der Waals surface area contributed by atoms with E-state index in [-0.39, 0.29) is 25.1 Å². The Bertz CT molecular complexity index is 1190. The summed E-state index contributed by atoms with van der Waals surface area (Å²) in [4.78, 5) is 36.3. The molecule has 2 unspecified atom stereocenters. The van der Waals surface area contributed by atoms with Crippen LogP contribution >= 0.6 is 27.3 Å². The molecule has 1 N–H and O–H groups in total. The predicted molar refractivity (Wildman–Crippen MR) is 140 cm³/mol. The van der Waals surface area contributed by atoms with Crippen molar-refractivity contribution in [2.45, 2.75) is 31.9 Å². The van der Waals surface area contributed by atoms with Crippen LogP contribution in [-0.2, 0) is 23.8 Å². The van der Waals surface area contributed by atoms with E-state index in [9.17, 15) is 14.0 Å². The predicted octanol–water partition coefficient (Wildman–Crippen LogP) is 3.61. The van der Waals surface area contributed by atoms with Gasteiger partial charge >= 0.3 is 11.9 Å². The number of rotatable bonds is 9. The summed E-state index contributed by atoms with van der Waals surface area (Å²) in [6.45, 7) is 4.05. The third-order valence-corrected chi connectivity index (χ3v) is 7.48. The van der Waals surface area contributed by atoms with E-state index in [1.54, 1.807) is 19.2 Å². The highest BCUT2D eigenvalue weighted by Crippen LogP contribution is 2.37. The number of nitrogens with zero attached hydrogens (tertiary/aromatic N) is 3. The van der Waals surface area contributed by atoms with Crippen LogP contribution in [0.4, 0.5) is 4.39 Å². The van der Waals surface area contributed by atoms with Gasteiger partial charge in [-0.3, -0.25) is 14.7 Å². The van der Waals surface area contributed by atoms with E-state index in [0.717, 1.165) is 0 Å². The molecule has 12 heteroatoms. The molecule has 1 saturated heterocycles. The number of benzene rings is 1. The molecule has 2 aliphatic heterocycles. The molecule has 1 aromatic carbocycles. The second-order valence-electron chi connectivity index (χ2n) is 8.46. The smallest absolute Gasteiger partial charge is 0.338 e. The van der Waals surface area contributed by atoms with Crippen molar-refractivity contribution in [3.05, 3.63) is 61.9 Å². The third-order valence-electron chi connectivity index (χ3n) is 6.02. The SMILES string of the molecule is CCOC(=O)C1=C(CN2CCOC(CCC(=O)OC)C2)NC(c2nccs2)=NC1c1ccc(F)cc1Br. The molecule has 0 amide bonds. The van der Waals surface area contributed by atoms with Gasteiger partial charge in [-0.15, -0.1) is 11.3 Å². The van der Waals surface area contributed by atoms with Crippen LogP contribution in [0.3, 0.4) is 0 Å². The van der Waals surface area contributed by atoms with E-state index in [1.807, 2.05) is 5.38 Å². The zero-order valence-electron chi connectivity index (χ0n) is 20.5. The number of esters is 2. The minimum Gasteiger partial charge on any atom is -0.469 e. The molecule has 3 heterocycles. The van der Waals surface area contributed by atoms with Crippen molar-refractivity contribution in [3.63, 3.8) is 0 Å². The first kappa shape index (κ1) is 27.4.